The van der Waals surface area contributed by atoms with Crippen LogP contribution in [0, 0.1) is 5.92 Å². The minimum Gasteiger partial charge on any atom is -0.395 e. The van der Waals surface area contributed by atoms with Gasteiger partial charge in [0, 0.05) is 18.8 Å². The van der Waals surface area contributed by atoms with Crippen LogP contribution in [0.4, 0.5) is 14.5 Å². The highest BCUT2D eigenvalue weighted by atomic mass is 19.3. The van der Waals surface area contributed by atoms with E-state index >= 15 is 0 Å². The van der Waals surface area contributed by atoms with E-state index in [9.17, 15) is 8.78 Å². The highest BCUT2D eigenvalue weighted by molar-refractivity contribution is 5.53. The number of hydrogen-bond acceptors (Lipinski definition) is 3. The van der Waals surface area contributed by atoms with Gasteiger partial charge in [-0.3, -0.25) is 0 Å². The summed E-state index contributed by atoms with van der Waals surface area (Å²) in [5.41, 5.74) is 1.74. The Labute approximate surface area is 119 Å². The van der Waals surface area contributed by atoms with Crippen molar-refractivity contribution in [1.29, 1.82) is 0 Å². The van der Waals surface area contributed by atoms with Gasteiger partial charge in [0.25, 0.3) is 6.43 Å². The lowest BCUT2D eigenvalue weighted by Gasteiger charge is -2.26. The van der Waals surface area contributed by atoms with E-state index in [0.29, 0.717) is 12.5 Å². The van der Waals surface area contributed by atoms with Crippen LogP contribution < -0.4 is 10.2 Å². The van der Waals surface area contributed by atoms with Gasteiger partial charge in [-0.2, -0.15) is 0 Å². The van der Waals surface area contributed by atoms with Gasteiger partial charge < -0.3 is 15.3 Å². The first kappa shape index (κ1) is 16.9. The molecule has 0 saturated carbocycles. The first-order chi connectivity index (χ1) is 9.54. The largest absolute Gasteiger partial charge is 0.395 e. The van der Waals surface area contributed by atoms with E-state index in [0.717, 1.165) is 17.8 Å². The Balaban J connectivity index is 2.79. The lowest BCUT2D eigenvalue weighted by atomic mass is 10.1. The van der Waals surface area contributed by atoms with E-state index in [2.05, 4.69) is 19.2 Å². The van der Waals surface area contributed by atoms with Crippen LogP contribution in [-0.2, 0) is 6.54 Å². The van der Waals surface area contributed by atoms with Crippen molar-refractivity contribution in [2.45, 2.75) is 26.8 Å². The molecule has 0 spiro atoms. The average Bonchev–Trinajstić information content (AvgIpc) is 2.38. The van der Waals surface area contributed by atoms with Gasteiger partial charge in [0.2, 0.25) is 0 Å². The number of anilines is 1. The monoisotopic (exact) mass is 286 g/mol. The maximum atomic E-state index is 12.6. The fourth-order valence-corrected chi connectivity index (χ4v) is 2.06. The summed E-state index contributed by atoms with van der Waals surface area (Å²) in [4.78, 5) is 1.54. The number of halogens is 2. The predicted octanol–water partition coefficient (Wildman–Crippen LogP) is 2.50. The van der Waals surface area contributed by atoms with E-state index in [1.165, 1.54) is 4.90 Å². The standard InChI is InChI=1S/C15H24F2N2O/c1-12(2)9-18-10-13-5-3-4-6-14(13)19(7-8-20)11-15(16)17/h3-6,12,15,18,20H,7-11H2,1-2H3. The Morgan fingerprint density at radius 3 is 2.55 bits per heavy atom. The van der Waals surface area contributed by atoms with Crippen LogP contribution in [0.2, 0.25) is 0 Å². The van der Waals surface area contributed by atoms with Crippen molar-refractivity contribution < 1.29 is 13.9 Å². The van der Waals surface area contributed by atoms with Crippen LogP contribution in [0.25, 0.3) is 0 Å². The Hall–Kier alpha value is -1.20. The molecule has 0 aliphatic carbocycles. The first-order valence-corrected chi connectivity index (χ1v) is 6.97. The molecule has 20 heavy (non-hydrogen) atoms. The fraction of sp³-hybridized carbons (Fsp3) is 0.600. The zero-order valence-electron chi connectivity index (χ0n) is 12.1. The number of nitrogens with one attached hydrogen (secondary N) is 1. The van der Waals surface area contributed by atoms with Gasteiger partial charge in [0.1, 0.15) is 0 Å². The fourth-order valence-electron chi connectivity index (χ4n) is 2.06. The van der Waals surface area contributed by atoms with Crippen molar-refractivity contribution in [2.75, 3.05) is 31.1 Å². The van der Waals surface area contributed by atoms with Gasteiger partial charge in [-0.1, -0.05) is 32.0 Å². The van der Waals surface area contributed by atoms with E-state index in [-0.39, 0.29) is 19.7 Å². The SMILES string of the molecule is CC(C)CNCc1ccccc1N(CCO)CC(F)F. The summed E-state index contributed by atoms with van der Waals surface area (Å²) in [5.74, 6) is 0.539. The Morgan fingerprint density at radius 1 is 1.25 bits per heavy atom. The number of hydrogen-bond donors (Lipinski definition) is 2. The van der Waals surface area contributed by atoms with Crippen molar-refractivity contribution in [3.8, 4) is 0 Å². The van der Waals surface area contributed by atoms with Crippen LogP contribution in [0.5, 0.6) is 0 Å². The zero-order valence-corrected chi connectivity index (χ0v) is 12.1. The molecule has 0 bridgehead atoms. The number of rotatable bonds is 9. The highest BCUT2D eigenvalue weighted by Gasteiger charge is 2.15. The lowest BCUT2D eigenvalue weighted by Crippen LogP contribution is -2.33. The van der Waals surface area contributed by atoms with Crippen molar-refractivity contribution in [3.63, 3.8) is 0 Å². The van der Waals surface area contributed by atoms with E-state index in [1.807, 2.05) is 24.3 Å². The third-order valence-electron chi connectivity index (χ3n) is 2.93. The average molecular weight is 286 g/mol. The van der Waals surface area contributed by atoms with Crippen LogP contribution in [0.15, 0.2) is 24.3 Å². The smallest absolute Gasteiger partial charge is 0.255 e. The molecule has 0 atom stereocenters. The quantitative estimate of drug-likeness (QED) is 0.732. The molecule has 2 N–H and O–H groups in total. The maximum Gasteiger partial charge on any atom is 0.255 e. The summed E-state index contributed by atoms with van der Waals surface area (Å²) in [6.45, 7) is 5.47. The molecule has 0 fully saturated rings. The van der Waals surface area contributed by atoms with E-state index < -0.39 is 6.43 Å². The molecule has 0 aliphatic heterocycles. The third kappa shape index (κ3) is 5.84. The number of alkyl halides is 2. The molecular weight excluding hydrogens is 262 g/mol. The second-order valence-corrected chi connectivity index (χ2v) is 5.21. The normalized spacial score (nSPS) is 11.3. The summed E-state index contributed by atoms with van der Waals surface area (Å²) in [5, 5.41) is 12.4. The third-order valence-corrected chi connectivity index (χ3v) is 2.93. The number of aliphatic hydroxyl groups is 1. The topological polar surface area (TPSA) is 35.5 Å². The molecule has 1 rings (SSSR count). The molecule has 0 saturated heterocycles. The molecule has 0 amide bonds. The minimum absolute atomic E-state index is 0.138. The summed E-state index contributed by atoms with van der Waals surface area (Å²) in [6.07, 6.45) is -2.42. The number of aliphatic hydroxyl groups excluding tert-OH is 1. The summed E-state index contributed by atoms with van der Waals surface area (Å²) in [7, 11) is 0. The van der Waals surface area contributed by atoms with Gasteiger partial charge in [-0.25, -0.2) is 8.78 Å². The molecule has 0 aromatic heterocycles. The number of benzene rings is 1. The summed E-state index contributed by atoms with van der Waals surface area (Å²) >= 11 is 0. The molecule has 1 aromatic rings. The second-order valence-electron chi connectivity index (χ2n) is 5.21. The van der Waals surface area contributed by atoms with Gasteiger partial charge in [0.05, 0.1) is 13.2 Å². The van der Waals surface area contributed by atoms with Crippen molar-refractivity contribution in [2.24, 2.45) is 5.92 Å². The maximum absolute atomic E-state index is 12.6. The van der Waals surface area contributed by atoms with E-state index in [1.54, 1.807) is 0 Å². The zero-order chi connectivity index (χ0) is 15.0. The lowest BCUT2D eigenvalue weighted by molar-refractivity contribution is 0.152. The second kappa shape index (κ2) is 8.87. The predicted molar refractivity (Wildman–Crippen MR) is 78.3 cm³/mol. The highest BCUT2D eigenvalue weighted by Crippen LogP contribution is 2.21. The molecule has 0 unspecified atom stereocenters. The van der Waals surface area contributed by atoms with Gasteiger partial charge in [-0.05, 0) is 24.1 Å². The molecule has 0 radical (unpaired) electrons. The Morgan fingerprint density at radius 2 is 1.95 bits per heavy atom. The van der Waals surface area contributed by atoms with Gasteiger partial charge in [0.15, 0.2) is 0 Å². The van der Waals surface area contributed by atoms with Crippen molar-refractivity contribution >= 4 is 5.69 Å². The van der Waals surface area contributed by atoms with Crippen LogP contribution in [-0.4, -0.2) is 37.8 Å². The van der Waals surface area contributed by atoms with Crippen LogP contribution in [0.3, 0.4) is 0 Å². The minimum atomic E-state index is -2.42. The summed E-state index contributed by atoms with van der Waals surface area (Å²) in [6, 6.07) is 7.48. The van der Waals surface area contributed by atoms with Gasteiger partial charge in [-0.15, -0.1) is 0 Å². The van der Waals surface area contributed by atoms with Crippen molar-refractivity contribution in [1.82, 2.24) is 5.32 Å². The molecule has 3 nitrogen and oxygen atoms in total. The molecule has 1 aromatic carbocycles. The molecule has 0 aliphatic rings. The molecule has 114 valence electrons. The van der Waals surface area contributed by atoms with Gasteiger partial charge >= 0.3 is 0 Å². The molecule has 5 heteroatoms. The Kier molecular flexibility index (Phi) is 7.47. The molecule has 0 heterocycles. The number of nitrogens with zero attached hydrogens (tertiary/aromatic N) is 1. The summed E-state index contributed by atoms with van der Waals surface area (Å²) < 4.78 is 25.3. The van der Waals surface area contributed by atoms with Crippen LogP contribution in [0.1, 0.15) is 19.4 Å². The van der Waals surface area contributed by atoms with Crippen LogP contribution >= 0.6 is 0 Å². The van der Waals surface area contributed by atoms with Crippen molar-refractivity contribution in [3.05, 3.63) is 29.8 Å². The Bertz CT molecular complexity index is 386. The van der Waals surface area contributed by atoms with E-state index in [4.69, 9.17) is 5.11 Å². The number of para-hydroxylation sites is 1. The first-order valence-electron chi connectivity index (χ1n) is 6.97. The molecular formula is C15H24F2N2O.